The summed E-state index contributed by atoms with van der Waals surface area (Å²) >= 11 is 0. The molecule has 0 aromatic heterocycles. The summed E-state index contributed by atoms with van der Waals surface area (Å²) in [7, 11) is 0. The minimum absolute atomic E-state index is 0.164. The number of alkyl halides is 3. The number of nitrogens with zero attached hydrogens (tertiary/aromatic N) is 1. The number of likely N-dealkylation sites (tertiary alicyclic amines) is 1. The number of rotatable bonds is 4. The quantitative estimate of drug-likeness (QED) is 0.765. The number of hydrogen-bond donors (Lipinski definition) is 1. The molecule has 2 bridgehead atoms. The maximum absolute atomic E-state index is 11.9. The van der Waals surface area contributed by atoms with Gasteiger partial charge in [0, 0.05) is 25.2 Å². The maximum atomic E-state index is 11.9. The third kappa shape index (κ3) is 4.44. The van der Waals surface area contributed by atoms with Crippen molar-refractivity contribution in [2.75, 3.05) is 32.8 Å². The number of fused-ring (bicyclic) bond motifs is 2. The van der Waals surface area contributed by atoms with Crippen LogP contribution in [0.1, 0.15) is 19.3 Å². The van der Waals surface area contributed by atoms with Gasteiger partial charge in [0.1, 0.15) is 6.61 Å². The lowest BCUT2D eigenvalue weighted by molar-refractivity contribution is -0.174. The molecule has 2 unspecified atom stereocenters. The average molecular weight is 252 g/mol. The molecule has 2 atom stereocenters. The molecule has 2 aliphatic rings. The molecule has 6 heteroatoms. The fourth-order valence-electron chi connectivity index (χ4n) is 2.60. The minimum atomic E-state index is -4.21. The Morgan fingerprint density at radius 3 is 2.71 bits per heavy atom. The van der Waals surface area contributed by atoms with Crippen LogP contribution in [0.15, 0.2) is 0 Å². The molecule has 0 spiro atoms. The van der Waals surface area contributed by atoms with E-state index in [1.807, 2.05) is 0 Å². The van der Waals surface area contributed by atoms with Crippen molar-refractivity contribution in [2.24, 2.45) is 0 Å². The molecule has 2 heterocycles. The highest BCUT2D eigenvalue weighted by Gasteiger charge is 2.30. The fourth-order valence-corrected chi connectivity index (χ4v) is 2.60. The summed E-state index contributed by atoms with van der Waals surface area (Å²) < 4.78 is 40.2. The molecule has 0 radical (unpaired) electrons. The molecule has 0 aromatic rings. The maximum Gasteiger partial charge on any atom is 0.411 e. The zero-order valence-corrected chi connectivity index (χ0v) is 9.80. The van der Waals surface area contributed by atoms with Crippen molar-refractivity contribution in [3.8, 4) is 0 Å². The average Bonchev–Trinajstić information content (AvgIpc) is 2.54. The zero-order valence-electron chi connectivity index (χ0n) is 9.80. The highest BCUT2D eigenvalue weighted by atomic mass is 19.4. The van der Waals surface area contributed by atoms with Gasteiger partial charge in [-0.3, -0.25) is 4.90 Å². The van der Waals surface area contributed by atoms with Gasteiger partial charge in [-0.25, -0.2) is 0 Å². The van der Waals surface area contributed by atoms with Crippen LogP contribution < -0.4 is 5.32 Å². The molecule has 0 saturated carbocycles. The van der Waals surface area contributed by atoms with Gasteiger partial charge >= 0.3 is 6.18 Å². The van der Waals surface area contributed by atoms with Crippen LogP contribution in [-0.2, 0) is 4.74 Å². The molecule has 1 N–H and O–H groups in total. The van der Waals surface area contributed by atoms with E-state index >= 15 is 0 Å². The molecule has 100 valence electrons. The van der Waals surface area contributed by atoms with Crippen LogP contribution in [0, 0.1) is 0 Å². The van der Waals surface area contributed by atoms with Gasteiger partial charge in [-0.1, -0.05) is 0 Å². The van der Waals surface area contributed by atoms with Crippen LogP contribution in [0.5, 0.6) is 0 Å². The first-order valence-electron chi connectivity index (χ1n) is 6.16. The molecule has 2 saturated heterocycles. The minimum Gasteiger partial charge on any atom is -0.371 e. The van der Waals surface area contributed by atoms with Gasteiger partial charge in [0.2, 0.25) is 0 Å². The summed E-state index contributed by atoms with van der Waals surface area (Å²) in [6.45, 7) is 1.53. The first-order chi connectivity index (χ1) is 8.03. The van der Waals surface area contributed by atoms with Crippen LogP contribution >= 0.6 is 0 Å². The Bertz CT molecular complexity index is 247. The molecule has 2 fully saturated rings. The van der Waals surface area contributed by atoms with Crippen molar-refractivity contribution in [1.29, 1.82) is 0 Å². The second kappa shape index (κ2) is 5.54. The van der Waals surface area contributed by atoms with Crippen LogP contribution in [0.2, 0.25) is 0 Å². The second-order valence-electron chi connectivity index (χ2n) is 4.89. The van der Waals surface area contributed by atoms with E-state index < -0.39 is 12.8 Å². The SMILES string of the molecule is FC(F)(F)COCCN1CCC2CCC(C1)N2. The lowest BCUT2D eigenvalue weighted by atomic mass is 10.1. The van der Waals surface area contributed by atoms with Crippen molar-refractivity contribution in [3.63, 3.8) is 0 Å². The van der Waals surface area contributed by atoms with E-state index in [4.69, 9.17) is 0 Å². The van der Waals surface area contributed by atoms with Crippen LogP contribution in [0.4, 0.5) is 13.2 Å². The van der Waals surface area contributed by atoms with E-state index in [1.54, 1.807) is 0 Å². The Kier molecular flexibility index (Phi) is 4.27. The van der Waals surface area contributed by atoms with E-state index in [2.05, 4.69) is 15.0 Å². The molecular weight excluding hydrogens is 233 g/mol. The molecule has 17 heavy (non-hydrogen) atoms. The summed E-state index contributed by atoms with van der Waals surface area (Å²) in [6, 6.07) is 1.13. The lowest BCUT2D eigenvalue weighted by Gasteiger charge is -2.23. The van der Waals surface area contributed by atoms with E-state index in [0.717, 1.165) is 19.5 Å². The summed E-state index contributed by atoms with van der Waals surface area (Å²) in [5.41, 5.74) is 0. The topological polar surface area (TPSA) is 24.5 Å². The normalized spacial score (nSPS) is 30.5. The van der Waals surface area contributed by atoms with Gasteiger partial charge in [-0.2, -0.15) is 13.2 Å². The van der Waals surface area contributed by atoms with Gasteiger partial charge in [0.25, 0.3) is 0 Å². The molecule has 3 nitrogen and oxygen atoms in total. The Labute approximate surface area is 99.3 Å². The first-order valence-corrected chi connectivity index (χ1v) is 6.16. The van der Waals surface area contributed by atoms with Crippen molar-refractivity contribution in [2.45, 2.75) is 37.5 Å². The Hall–Kier alpha value is -0.330. The van der Waals surface area contributed by atoms with Crippen molar-refractivity contribution < 1.29 is 17.9 Å². The monoisotopic (exact) mass is 252 g/mol. The standard InChI is InChI=1S/C11H19F3N2O/c12-11(13,14)8-17-6-5-16-4-3-9-1-2-10(7-16)15-9/h9-10,15H,1-8H2. The molecule has 2 rings (SSSR count). The van der Waals surface area contributed by atoms with Crippen molar-refractivity contribution in [1.82, 2.24) is 10.2 Å². The number of ether oxygens (including phenoxy) is 1. The predicted molar refractivity (Wildman–Crippen MR) is 57.9 cm³/mol. The Morgan fingerprint density at radius 1 is 1.18 bits per heavy atom. The van der Waals surface area contributed by atoms with Gasteiger partial charge < -0.3 is 10.1 Å². The van der Waals surface area contributed by atoms with Gasteiger partial charge in [0.15, 0.2) is 0 Å². The van der Waals surface area contributed by atoms with Crippen LogP contribution in [-0.4, -0.2) is 56.0 Å². The fraction of sp³-hybridized carbons (Fsp3) is 1.00. The third-order valence-corrected chi connectivity index (χ3v) is 3.42. The van der Waals surface area contributed by atoms with E-state index in [9.17, 15) is 13.2 Å². The number of halogens is 3. The summed E-state index contributed by atoms with van der Waals surface area (Å²) in [5, 5.41) is 3.53. The Balaban J connectivity index is 1.63. The van der Waals surface area contributed by atoms with Crippen LogP contribution in [0.25, 0.3) is 0 Å². The van der Waals surface area contributed by atoms with Gasteiger partial charge in [-0.15, -0.1) is 0 Å². The largest absolute Gasteiger partial charge is 0.411 e. The highest BCUT2D eigenvalue weighted by Crippen LogP contribution is 2.20. The van der Waals surface area contributed by atoms with E-state index in [-0.39, 0.29) is 6.61 Å². The lowest BCUT2D eigenvalue weighted by Crippen LogP contribution is -2.37. The smallest absolute Gasteiger partial charge is 0.371 e. The second-order valence-corrected chi connectivity index (χ2v) is 4.89. The molecular formula is C11H19F3N2O. The molecule has 0 amide bonds. The van der Waals surface area contributed by atoms with Gasteiger partial charge in [-0.05, 0) is 25.8 Å². The van der Waals surface area contributed by atoms with Crippen molar-refractivity contribution in [3.05, 3.63) is 0 Å². The summed E-state index contributed by atoms with van der Waals surface area (Å²) in [6.07, 6.45) is -0.692. The molecule has 2 aliphatic heterocycles. The number of nitrogens with one attached hydrogen (secondary N) is 1. The number of hydrogen-bond acceptors (Lipinski definition) is 3. The predicted octanol–water partition coefficient (Wildman–Crippen LogP) is 1.39. The zero-order chi connectivity index (χ0) is 12.3. The van der Waals surface area contributed by atoms with Gasteiger partial charge in [0.05, 0.1) is 6.61 Å². The Morgan fingerprint density at radius 2 is 1.94 bits per heavy atom. The van der Waals surface area contributed by atoms with Crippen LogP contribution in [0.3, 0.4) is 0 Å². The van der Waals surface area contributed by atoms with E-state index in [1.165, 1.54) is 12.8 Å². The third-order valence-electron chi connectivity index (χ3n) is 3.42. The highest BCUT2D eigenvalue weighted by molar-refractivity contribution is 4.89. The van der Waals surface area contributed by atoms with E-state index in [0.29, 0.717) is 18.6 Å². The molecule has 0 aliphatic carbocycles. The first kappa shape index (κ1) is 13.1. The molecule has 0 aromatic carbocycles. The van der Waals surface area contributed by atoms with Crippen molar-refractivity contribution >= 4 is 0 Å². The summed E-state index contributed by atoms with van der Waals surface area (Å²) in [5.74, 6) is 0. The summed E-state index contributed by atoms with van der Waals surface area (Å²) in [4.78, 5) is 2.20.